The number of likely N-dealkylation sites (tertiary alicyclic amines) is 1. The molecule has 2 aliphatic heterocycles. The number of carbonyl (C=O) groups is 2. The van der Waals surface area contributed by atoms with Crippen molar-refractivity contribution in [3.8, 4) is 0 Å². The van der Waals surface area contributed by atoms with Gasteiger partial charge in [0.05, 0.1) is 23.6 Å². The Labute approximate surface area is 122 Å². The van der Waals surface area contributed by atoms with Crippen LogP contribution in [0.25, 0.3) is 0 Å². The minimum Gasteiger partial charge on any atom is -0.375 e. The second-order valence-corrected chi connectivity index (χ2v) is 5.35. The summed E-state index contributed by atoms with van der Waals surface area (Å²) in [6, 6.07) is 5.76. The molecule has 0 aliphatic carbocycles. The molecule has 2 fully saturated rings. The fourth-order valence-corrected chi connectivity index (χ4v) is 3.21. The summed E-state index contributed by atoms with van der Waals surface area (Å²) in [5.41, 5.74) is 0.0423. The first kappa shape index (κ1) is 14.0. The van der Waals surface area contributed by atoms with Gasteiger partial charge < -0.3 is 15.0 Å². The molecule has 5 nitrogen and oxygen atoms in total. The Hall–Kier alpha value is -1.95. The predicted octanol–water partition coefficient (Wildman–Crippen LogP) is 0.801. The molecule has 1 aromatic rings. The van der Waals surface area contributed by atoms with E-state index >= 15 is 0 Å². The molecule has 0 saturated carbocycles. The third-order valence-corrected chi connectivity index (χ3v) is 4.24. The van der Waals surface area contributed by atoms with Crippen molar-refractivity contribution in [1.29, 1.82) is 0 Å². The van der Waals surface area contributed by atoms with Gasteiger partial charge in [-0.05, 0) is 18.6 Å². The normalized spacial score (nSPS) is 27.5. The molecular formula is C15H17FN2O3. The quantitative estimate of drug-likeness (QED) is 0.877. The lowest BCUT2D eigenvalue weighted by Crippen LogP contribution is -2.37. The molecule has 2 amide bonds. The zero-order valence-corrected chi connectivity index (χ0v) is 11.7. The van der Waals surface area contributed by atoms with Gasteiger partial charge in [0.25, 0.3) is 5.91 Å². The van der Waals surface area contributed by atoms with E-state index in [-0.39, 0.29) is 36.1 Å². The van der Waals surface area contributed by atoms with Gasteiger partial charge in [0.1, 0.15) is 5.82 Å². The van der Waals surface area contributed by atoms with Gasteiger partial charge in [-0.1, -0.05) is 12.1 Å². The summed E-state index contributed by atoms with van der Waals surface area (Å²) in [6.07, 6.45) is 0.388. The van der Waals surface area contributed by atoms with E-state index in [1.54, 1.807) is 24.1 Å². The van der Waals surface area contributed by atoms with Crippen LogP contribution in [0.4, 0.5) is 4.39 Å². The number of nitrogens with one attached hydrogen (secondary N) is 1. The molecule has 2 saturated heterocycles. The highest BCUT2D eigenvalue weighted by Gasteiger charge is 2.50. The smallest absolute Gasteiger partial charge is 0.257 e. The average molecular weight is 292 g/mol. The van der Waals surface area contributed by atoms with Crippen molar-refractivity contribution in [1.82, 2.24) is 10.2 Å². The Morgan fingerprint density at radius 3 is 2.86 bits per heavy atom. The number of carbonyl (C=O) groups excluding carboxylic acids is 2. The van der Waals surface area contributed by atoms with E-state index in [2.05, 4.69) is 5.32 Å². The Bertz CT molecular complexity index is 578. The molecule has 0 radical (unpaired) electrons. The van der Waals surface area contributed by atoms with Crippen molar-refractivity contribution in [3.05, 3.63) is 35.6 Å². The second-order valence-electron chi connectivity index (χ2n) is 5.35. The SMILES string of the molecule is CNC(=O)[C@@H]1CN(C(=O)c2ccccc2F)[C@H]2CCO[C@@H]12. The highest BCUT2D eigenvalue weighted by atomic mass is 19.1. The first-order valence-electron chi connectivity index (χ1n) is 7.02. The first-order chi connectivity index (χ1) is 10.1. The maximum absolute atomic E-state index is 13.8. The molecule has 21 heavy (non-hydrogen) atoms. The third kappa shape index (κ3) is 2.29. The minimum atomic E-state index is -0.540. The molecule has 3 rings (SSSR count). The number of hydrogen-bond donors (Lipinski definition) is 1. The molecule has 6 heteroatoms. The third-order valence-electron chi connectivity index (χ3n) is 4.24. The van der Waals surface area contributed by atoms with Crippen LogP contribution in [0, 0.1) is 11.7 Å². The summed E-state index contributed by atoms with van der Waals surface area (Å²) < 4.78 is 19.4. The summed E-state index contributed by atoms with van der Waals surface area (Å²) in [7, 11) is 1.56. The Kier molecular flexibility index (Phi) is 3.63. The maximum Gasteiger partial charge on any atom is 0.257 e. The summed E-state index contributed by atoms with van der Waals surface area (Å²) in [6.45, 7) is 0.784. The molecule has 3 atom stereocenters. The maximum atomic E-state index is 13.8. The van der Waals surface area contributed by atoms with Crippen LogP contribution in [-0.2, 0) is 9.53 Å². The minimum absolute atomic E-state index is 0.0423. The molecule has 0 spiro atoms. The standard InChI is InChI=1S/C15H17FN2O3/c1-17-14(19)10-8-18(12-6-7-21-13(10)12)15(20)9-4-2-3-5-11(9)16/h2-5,10,12-13H,6-8H2,1H3,(H,17,19)/t10-,12+,13+/m1/s1. The lowest BCUT2D eigenvalue weighted by atomic mass is 10.0. The van der Waals surface area contributed by atoms with Gasteiger partial charge in [0, 0.05) is 20.2 Å². The monoisotopic (exact) mass is 292 g/mol. The number of nitrogens with zero attached hydrogens (tertiary/aromatic N) is 1. The van der Waals surface area contributed by atoms with E-state index in [4.69, 9.17) is 4.74 Å². The van der Waals surface area contributed by atoms with Gasteiger partial charge in [0.15, 0.2) is 0 Å². The van der Waals surface area contributed by atoms with E-state index in [1.165, 1.54) is 12.1 Å². The zero-order valence-electron chi connectivity index (χ0n) is 11.7. The summed E-state index contributed by atoms with van der Waals surface area (Å²) in [5, 5.41) is 2.60. The number of fused-ring (bicyclic) bond motifs is 1. The van der Waals surface area contributed by atoms with E-state index in [9.17, 15) is 14.0 Å². The van der Waals surface area contributed by atoms with Gasteiger partial charge in [-0.25, -0.2) is 4.39 Å². The second kappa shape index (κ2) is 5.44. The van der Waals surface area contributed by atoms with Gasteiger partial charge in [-0.2, -0.15) is 0 Å². The van der Waals surface area contributed by atoms with Crippen LogP contribution in [0.3, 0.4) is 0 Å². The van der Waals surface area contributed by atoms with Crippen LogP contribution in [0.5, 0.6) is 0 Å². The number of halogens is 1. The molecule has 2 heterocycles. The lowest BCUT2D eigenvalue weighted by molar-refractivity contribution is -0.127. The molecule has 112 valence electrons. The molecule has 0 unspecified atom stereocenters. The highest BCUT2D eigenvalue weighted by Crippen LogP contribution is 2.34. The lowest BCUT2D eigenvalue weighted by Gasteiger charge is -2.22. The fraction of sp³-hybridized carbons (Fsp3) is 0.467. The Morgan fingerprint density at radius 1 is 1.38 bits per heavy atom. The number of rotatable bonds is 2. The van der Waals surface area contributed by atoms with Gasteiger partial charge in [-0.15, -0.1) is 0 Å². The number of amides is 2. The summed E-state index contributed by atoms with van der Waals surface area (Å²) in [4.78, 5) is 26.1. The molecular weight excluding hydrogens is 275 g/mol. The van der Waals surface area contributed by atoms with Crippen molar-refractivity contribution in [2.24, 2.45) is 5.92 Å². The van der Waals surface area contributed by atoms with Gasteiger partial charge >= 0.3 is 0 Å². The van der Waals surface area contributed by atoms with Crippen LogP contribution < -0.4 is 5.32 Å². The van der Waals surface area contributed by atoms with E-state index in [1.807, 2.05) is 0 Å². The van der Waals surface area contributed by atoms with E-state index < -0.39 is 11.7 Å². The van der Waals surface area contributed by atoms with E-state index in [0.29, 0.717) is 13.0 Å². The summed E-state index contributed by atoms with van der Waals surface area (Å²) >= 11 is 0. The molecule has 1 aromatic carbocycles. The molecule has 2 aliphatic rings. The molecule has 0 bridgehead atoms. The van der Waals surface area contributed by atoms with Gasteiger partial charge in [-0.3, -0.25) is 9.59 Å². The molecule has 1 N–H and O–H groups in total. The average Bonchev–Trinajstić information content (AvgIpc) is 3.08. The van der Waals surface area contributed by atoms with Crippen LogP contribution in [-0.4, -0.2) is 49.1 Å². The van der Waals surface area contributed by atoms with Crippen molar-refractivity contribution < 1.29 is 18.7 Å². The number of ether oxygens (including phenoxy) is 1. The van der Waals surface area contributed by atoms with Crippen LogP contribution in [0.2, 0.25) is 0 Å². The van der Waals surface area contributed by atoms with E-state index in [0.717, 1.165) is 0 Å². The number of hydrogen-bond acceptors (Lipinski definition) is 3. The zero-order chi connectivity index (χ0) is 15.0. The van der Waals surface area contributed by atoms with Crippen molar-refractivity contribution in [2.75, 3.05) is 20.2 Å². The summed E-state index contributed by atoms with van der Waals surface area (Å²) in [5.74, 6) is -1.45. The predicted molar refractivity (Wildman–Crippen MR) is 73.1 cm³/mol. The van der Waals surface area contributed by atoms with Gasteiger partial charge in [0.2, 0.25) is 5.91 Å². The largest absolute Gasteiger partial charge is 0.375 e. The number of benzene rings is 1. The van der Waals surface area contributed by atoms with Crippen LogP contribution in [0.15, 0.2) is 24.3 Å². The molecule has 0 aromatic heterocycles. The topological polar surface area (TPSA) is 58.6 Å². The fourth-order valence-electron chi connectivity index (χ4n) is 3.21. The Morgan fingerprint density at radius 2 is 2.14 bits per heavy atom. The van der Waals surface area contributed by atoms with Crippen molar-refractivity contribution in [2.45, 2.75) is 18.6 Å². The first-order valence-corrected chi connectivity index (χ1v) is 7.02. The van der Waals surface area contributed by atoms with Crippen LogP contribution >= 0.6 is 0 Å². The highest BCUT2D eigenvalue weighted by molar-refractivity contribution is 5.95. The Balaban J connectivity index is 1.87. The van der Waals surface area contributed by atoms with Crippen molar-refractivity contribution >= 4 is 11.8 Å². The van der Waals surface area contributed by atoms with Crippen LogP contribution in [0.1, 0.15) is 16.8 Å². The van der Waals surface area contributed by atoms with Crippen molar-refractivity contribution in [3.63, 3.8) is 0 Å².